The molecule has 1 saturated heterocycles. The van der Waals surface area contributed by atoms with E-state index >= 15 is 0 Å². The Hall–Kier alpha value is -1.55. The molecule has 2 heterocycles. The van der Waals surface area contributed by atoms with Crippen LogP contribution in [0.25, 0.3) is 0 Å². The van der Waals surface area contributed by atoms with E-state index in [9.17, 15) is 14.4 Å². The predicted molar refractivity (Wildman–Crippen MR) is 113 cm³/mol. The van der Waals surface area contributed by atoms with E-state index in [0.29, 0.717) is 6.42 Å². The van der Waals surface area contributed by atoms with Crippen molar-refractivity contribution in [1.29, 1.82) is 0 Å². The van der Waals surface area contributed by atoms with Crippen LogP contribution in [0.4, 0.5) is 0 Å². The monoisotopic (exact) mass is 426 g/mol. The SMILES string of the molecule is CO[C@H]1C(O[Si](C)(C)C(C)(C)C)[C@@H]([C@@H](C)CC(C)=O)O[C@H]1n1ccc(=O)[nH]c1=O. The van der Waals surface area contributed by atoms with Crippen molar-refractivity contribution in [3.63, 3.8) is 0 Å². The lowest BCUT2D eigenvalue weighted by Gasteiger charge is -2.41. The van der Waals surface area contributed by atoms with Crippen molar-refractivity contribution >= 4 is 14.1 Å². The zero-order valence-electron chi connectivity index (χ0n) is 18.6. The van der Waals surface area contributed by atoms with Gasteiger partial charge in [-0.3, -0.25) is 14.3 Å². The summed E-state index contributed by atoms with van der Waals surface area (Å²) in [6, 6.07) is 1.27. The van der Waals surface area contributed by atoms with Gasteiger partial charge in [0.2, 0.25) is 0 Å². The molecule has 1 fully saturated rings. The number of hydrogen-bond acceptors (Lipinski definition) is 6. The molecule has 0 bridgehead atoms. The van der Waals surface area contributed by atoms with Crippen molar-refractivity contribution in [2.24, 2.45) is 5.92 Å². The standard InChI is InChI=1S/C20H34N2O6Si/c1-12(11-13(2)23)15-16(28-29(7,8)20(3,4)5)17(26-6)18(27-15)22-10-9-14(24)21-19(22)25/h9-10,12,15-18H,11H2,1-8H3,(H,21,24,25)/t12-,15+,16?,17-,18+/m0/s1. The minimum atomic E-state index is -2.20. The minimum absolute atomic E-state index is 0.0352. The van der Waals surface area contributed by atoms with Gasteiger partial charge in [-0.05, 0) is 31.0 Å². The third-order valence-corrected chi connectivity index (χ3v) is 10.5. The molecule has 0 aliphatic carbocycles. The zero-order valence-corrected chi connectivity index (χ0v) is 19.6. The van der Waals surface area contributed by atoms with Gasteiger partial charge in [-0.1, -0.05) is 27.7 Å². The first kappa shape index (κ1) is 23.7. The third-order valence-electron chi connectivity index (χ3n) is 6.03. The van der Waals surface area contributed by atoms with E-state index in [4.69, 9.17) is 13.9 Å². The maximum absolute atomic E-state index is 12.4. The molecular formula is C20H34N2O6Si. The molecule has 1 aromatic rings. The molecule has 29 heavy (non-hydrogen) atoms. The van der Waals surface area contributed by atoms with Crippen LogP contribution >= 0.6 is 0 Å². The Kier molecular flexibility index (Phi) is 7.09. The topological polar surface area (TPSA) is 99.6 Å². The van der Waals surface area contributed by atoms with Gasteiger partial charge >= 0.3 is 5.69 Å². The molecule has 0 aromatic carbocycles. The predicted octanol–water partition coefficient (Wildman–Crippen LogP) is 2.45. The molecule has 0 amide bonds. The van der Waals surface area contributed by atoms with Gasteiger partial charge in [-0.15, -0.1) is 0 Å². The summed E-state index contributed by atoms with van der Waals surface area (Å²) in [6.45, 7) is 14.2. The Bertz CT molecular complexity index is 840. The van der Waals surface area contributed by atoms with Crippen molar-refractivity contribution < 1.29 is 18.7 Å². The maximum Gasteiger partial charge on any atom is 0.330 e. The number of ether oxygens (including phenoxy) is 2. The lowest BCUT2D eigenvalue weighted by molar-refractivity contribution is -0.120. The fourth-order valence-corrected chi connectivity index (χ4v) is 4.75. The van der Waals surface area contributed by atoms with Crippen molar-refractivity contribution in [2.45, 2.75) is 83.7 Å². The first-order valence-electron chi connectivity index (χ1n) is 9.95. The number of H-pyrrole nitrogens is 1. The van der Waals surface area contributed by atoms with Crippen molar-refractivity contribution in [3.05, 3.63) is 33.1 Å². The van der Waals surface area contributed by atoms with E-state index < -0.39 is 44.1 Å². The molecule has 9 heteroatoms. The summed E-state index contributed by atoms with van der Waals surface area (Å²) in [6.07, 6.45) is -0.461. The summed E-state index contributed by atoms with van der Waals surface area (Å²) in [7, 11) is -0.645. The normalized spacial score (nSPS) is 26.5. The van der Waals surface area contributed by atoms with Crippen LogP contribution in [0.15, 0.2) is 21.9 Å². The molecule has 1 aliphatic heterocycles. The highest BCUT2D eigenvalue weighted by atomic mass is 28.4. The van der Waals surface area contributed by atoms with E-state index in [1.165, 1.54) is 16.8 Å². The summed E-state index contributed by atoms with van der Waals surface area (Å²) in [5, 5.41) is -0.0352. The molecule has 1 N–H and O–H groups in total. The molecule has 0 saturated carbocycles. The highest BCUT2D eigenvalue weighted by Crippen LogP contribution is 2.43. The molecule has 2 rings (SSSR count). The van der Waals surface area contributed by atoms with Gasteiger partial charge in [-0.25, -0.2) is 4.79 Å². The first-order chi connectivity index (χ1) is 13.3. The highest BCUT2D eigenvalue weighted by Gasteiger charge is 2.52. The van der Waals surface area contributed by atoms with E-state index in [-0.39, 0.29) is 16.7 Å². The lowest BCUT2D eigenvalue weighted by Crippen LogP contribution is -2.50. The average molecular weight is 427 g/mol. The number of nitrogens with zero attached hydrogens (tertiary/aromatic N) is 1. The number of carbonyl (C=O) groups is 1. The summed E-state index contributed by atoms with van der Waals surface area (Å²) in [5.41, 5.74) is -1.05. The fraction of sp³-hybridized carbons (Fsp3) is 0.750. The summed E-state index contributed by atoms with van der Waals surface area (Å²) in [4.78, 5) is 37.8. The van der Waals surface area contributed by atoms with E-state index in [0.717, 1.165) is 0 Å². The molecule has 5 atom stereocenters. The van der Waals surface area contributed by atoms with Gasteiger partial charge < -0.3 is 18.7 Å². The number of carbonyl (C=O) groups excluding carboxylic acids is 1. The van der Waals surface area contributed by atoms with Gasteiger partial charge in [0.15, 0.2) is 14.5 Å². The van der Waals surface area contributed by atoms with E-state index in [1.54, 1.807) is 14.0 Å². The van der Waals surface area contributed by atoms with Crippen LogP contribution in [0.5, 0.6) is 0 Å². The Morgan fingerprint density at radius 2 is 1.93 bits per heavy atom. The smallest absolute Gasteiger partial charge is 0.330 e. The van der Waals surface area contributed by atoms with Crippen molar-refractivity contribution in [2.75, 3.05) is 7.11 Å². The van der Waals surface area contributed by atoms with Crippen LogP contribution in [0, 0.1) is 5.92 Å². The second-order valence-corrected chi connectivity index (χ2v) is 14.2. The molecule has 0 radical (unpaired) electrons. The van der Waals surface area contributed by atoms with E-state index in [1.807, 2.05) is 6.92 Å². The van der Waals surface area contributed by atoms with Crippen LogP contribution in [0.3, 0.4) is 0 Å². The number of hydrogen-bond donors (Lipinski definition) is 1. The molecule has 1 aromatic heterocycles. The number of Topliss-reactive ketones (excluding diaryl/α,β-unsaturated/α-hetero) is 1. The summed E-state index contributed by atoms with van der Waals surface area (Å²) >= 11 is 0. The van der Waals surface area contributed by atoms with E-state index in [2.05, 4.69) is 38.8 Å². The number of methoxy groups -OCH3 is 1. The Labute approximate surface area is 172 Å². The number of aromatic amines is 1. The van der Waals surface area contributed by atoms with Crippen LogP contribution in [0.1, 0.15) is 47.3 Å². The van der Waals surface area contributed by atoms with Crippen molar-refractivity contribution in [1.82, 2.24) is 9.55 Å². The van der Waals surface area contributed by atoms with Gasteiger partial charge in [0.05, 0.1) is 6.10 Å². The average Bonchev–Trinajstić information content (AvgIpc) is 2.90. The number of aromatic nitrogens is 2. The Morgan fingerprint density at radius 1 is 1.31 bits per heavy atom. The molecule has 164 valence electrons. The lowest BCUT2D eigenvalue weighted by atomic mass is 9.94. The molecule has 0 spiro atoms. The van der Waals surface area contributed by atoms with Crippen LogP contribution in [-0.4, -0.2) is 49.1 Å². The van der Waals surface area contributed by atoms with Crippen molar-refractivity contribution in [3.8, 4) is 0 Å². The zero-order chi connectivity index (χ0) is 22.1. The Morgan fingerprint density at radius 3 is 2.41 bits per heavy atom. The first-order valence-corrected chi connectivity index (χ1v) is 12.9. The second-order valence-electron chi connectivity index (χ2n) is 9.44. The minimum Gasteiger partial charge on any atom is -0.408 e. The maximum atomic E-state index is 12.4. The third kappa shape index (κ3) is 5.14. The number of nitrogens with one attached hydrogen (secondary N) is 1. The molecular weight excluding hydrogens is 392 g/mol. The largest absolute Gasteiger partial charge is 0.408 e. The quantitative estimate of drug-likeness (QED) is 0.672. The van der Waals surface area contributed by atoms with Crippen LogP contribution < -0.4 is 11.2 Å². The van der Waals surface area contributed by atoms with Gasteiger partial charge in [0, 0.05) is 25.8 Å². The molecule has 8 nitrogen and oxygen atoms in total. The summed E-state index contributed by atoms with van der Waals surface area (Å²) < 4.78 is 20.0. The number of ketones is 1. The molecule has 1 aliphatic rings. The van der Waals surface area contributed by atoms with Crippen LogP contribution in [0.2, 0.25) is 18.1 Å². The fourth-order valence-electron chi connectivity index (χ4n) is 3.45. The summed E-state index contributed by atoms with van der Waals surface area (Å²) in [5.74, 6) is -0.0609. The van der Waals surface area contributed by atoms with Crippen LogP contribution in [-0.2, 0) is 18.7 Å². The Balaban J connectivity index is 2.48. The van der Waals surface area contributed by atoms with Gasteiger partial charge in [0.1, 0.15) is 18.0 Å². The molecule has 1 unspecified atom stereocenters. The second kappa shape index (κ2) is 8.67. The van der Waals surface area contributed by atoms with Gasteiger partial charge in [-0.2, -0.15) is 0 Å². The highest BCUT2D eigenvalue weighted by molar-refractivity contribution is 6.74. The van der Waals surface area contributed by atoms with Gasteiger partial charge in [0.25, 0.3) is 5.56 Å². The number of rotatable bonds is 7.